The van der Waals surface area contributed by atoms with Crippen molar-refractivity contribution < 1.29 is 22.7 Å². The number of thioether (sulfide) groups is 1. The van der Waals surface area contributed by atoms with Crippen LogP contribution in [0.15, 0.2) is 4.90 Å². The summed E-state index contributed by atoms with van der Waals surface area (Å²) in [6, 6.07) is 0. The first-order chi connectivity index (χ1) is 6.57. The first-order valence-electron chi connectivity index (χ1n) is 3.51. The summed E-state index contributed by atoms with van der Waals surface area (Å²) in [6.07, 6.45) is 0. The maximum absolute atomic E-state index is 12.8. The van der Waals surface area contributed by atoms with Crippen LogP contribution in [0.25, 0.3) is 0 Å². The molecule has 7 heteroatoms. The molecule has 2 nitrogen and oxygen atoms in total. The maximum atomic E-state index is 12.8. The Bertz CT molecular complexity index is 321. The SMILES string of the molecule is OCCSc1c(F)c(F)nc(F)c1F. The molecule has 0 atom stereocenters. The molecule has 0 bridgehead atoms. The molecule has 78 valence electrons. The third kappa shape index (κ3) is 2.16. The molecule has 0 aliphatic heterocycles. The summed E-state index contributed by atoms with van der Waals surface area (Å²) in [5.41, 5.74) is 0. The molecule has 1 aromatic heterocycles. The fraction of sp³-hybridized carbons (Fsp3) is 0.286. The fourth-order valence-corrected chi connectivity index (χ4v) is 1.46. The first kappa shape index (κ1) is 11.3. The second-order valence-corrected chi connectivity index (χ2v) is 3.33. The molecule has 0 fully saturated rings. The number of aliphatic hydroxyl groups excluding tert-OH is 1. The van der Waals surface area contributed by atoms with Gasteiger partial charge in [-0.25, -0.2) is 8.78 Å². The Kier molecular flexibility index (Phi) is 3.70. The minimum atomic E-state index is -1.69. The minimum absolute atomic E-state index is 0.0588. The second kappa shape index (κ2) is 4.61. The van der Waals surface area contributed by atoms with Crippen LogP contribution in [0, 0.1) is 23.5 Å². The summed E-state index contributed by atoms with van der Waals surface area (Å²) in [5.74, 6) is -6.52. The Morgan fingerprint density at radius 1 is 1.07 bits per heavy atom. The van der Waals surface area contributed by atoms with Crippen LogP contribution in [0.2, 0.25) is 0 Å². The molecule has 0 amide bonds. The Balaban J connectivity index is 3.11. The van der Waals surface area contributed by atoms with Crippen molar-refractivity contribution in [3.05, 3.63) is 23.5 Å². The standard InChI is InChI=1S/C7H5F4NOS/c8-3-5(14-2-1-13)4(9)7(11)12-6(3)10/h13H,1-2H2. The number of nitrogens with zero attached hydrogens (tertiary/aromatic N) is 1. The zero-order valence-corrected chi connectivity index (χ0v) is 7.55. The van der Waals surface area contributed by atoms with Gasteiger partial charge in [-0.15, -0.1) is 11.8 Å². The van der Waals surface area contributed by atoms with Crippen molar-refractivity contribution in [1.82, 2.24) is 4.98 Å². The van der Waals surface area contributed by atoms with Crippen LogP contribution >= 0.6 is 11.8 Å². The van der Waals surface area contributed by atoms with E-state index in [1.165, 1.54) is 0 Å². The average Bonchev–Trinajstić information content (AvgIpc) is 2.15. The lowest BCUT2D eigenvalue weighted by molar-refractivity contribution is 0.322. The Hall–Kier alpha value is -0.820. The van der Waals surface area contributed by atoms with Gasteiger partial charge in [0.1, 0.15) is 0 Å². The van der Waals surface area contributed by atoms with E-state index in [4.69, 9.17) is 5.11 Å². The van der Waals surface area contributed by atoms with Crippen LogP contribution in [0.3, 0.4) is 0 Å². The highest BCUT2D eigenvalue weighted by Gasteiger charge is 2.20. The third-order valence-electron chi connectivity index (χ3n) is 1.29. The van der Waals surface area contributed by atoms with Crippen molar-refractivity contribution >= 4 is 11.8 Å². The molecule has 0 unspecified atom stereocenters. The molecule has 0 radical (unpaired) electrons. The van der Waals surface area contributed by atoms with Crippen LogP contribution < -0.4 is 0 Å². The van der Waals surface area contributed by atoms with E-state index in [0.717, 1.165) is 0 Å². The van der Waals surface area contributed by atoms with E-state index in [1.54, 1.807) is 0 Å². The summed E-state index contributed by atoms with van der Waals surface area (Å²) in [4.78, 5) is 1.58. The van der Waals surface area contributed by atoms with Gasteiger partial charge in [-0.05, 0) is 0 Å². The van der Waals surface area contributed by atoms with Gasteiger partial charge in [0.2, 0.25) is 0 Å². The molecule has 1 rings (SSSR count). The molecule has 0 saturated heterocycles. The molecule has 1 N–H and O–H groups in total. The number of hydrogen-bond donors (Lipinski definition) is 1. The van der Waals surface area contributed by atoms with Crippen molar-refractivity contribution in [2.45, 2.75) is 4.90 Å². The van der Waals surface area contributed by atoms with E-state index in [0.29, 0.717) is 11.8 Å². The van der Waals surface area contributed by atoms with Gasteiger partial charge in [0.15, 0.2) is 11.6 Å². The van der Waals surface area contributed by atoms with Crippen molar-refractivity contribution in [3.8, 4) is 0 Å². The number of hydrogen-bond acceptors (Lipinski definition) is 3. The van der Waals surface area contributed by atoms with Crippen molar-refractivity contribution in [2.24, 2.45) is 0 Å². The molecule has 0 aliphatic carbocycles. The average molecular weight is 227 g/mol. The van der Waals surface area contributed by atoms with E-state index in [-0.39, 0.29) is 12.4 Å². The Labute approximate surface area is 81.0 Å². The van der Waals surface area contributed by atoms with E-state index in [9.17, 15) is 17.6 Å². The molecule has 0 saturated carbocycles. The number of pyridine rings is 1. The molecule has 0 aromatic carbocycles. The van der Waals surface area contributed by atoms with Crippen LogP contribution in [0.5, 0.6) is 0 Å². The van der Waals surface area contributed by atoms with Crippen LogP contribution in [0.4, 0.5) is 17.6 Å². The largest absolute Gasteiger partial charge is 0.396 e. The van der Waals surface area contributed by atoms with Gasteiger partial charge in [-0.2, -0.15) is 13.8 Å². The van der Waals surface area contributed by atoms with Gasteiger partial charge in [0, 0.05) is 5.75 Å². The predicted octanol–water partition coefficient (Wildman–Crippen LogP) is 1.72. The number of rotatable bonds is 3. The predicted molar refractivity (Wildman–Crippen MR) is 41.9 cm³/mol. The zero-order chi connectivity index (χ0) is 10.7. The third-order valence-corrected chi connectivity index (χ3v) is 2.33. The summed E-state index contributed by atoms with van der Waals surface area (Å²) in [6.45, 7) is -0.352. The van der Waals surface area contributed by atoms with Crippen LogP contribution in [-0.2, 0) is 0 Å². The van der Waals surface area contributed by atoms with Crippen molar-refractivity contribution in [2.75, 3.05) is 12.4 Å². The van der Waals surface area contributed by atoms with Gasteiger partial charge < -0.3 is 5.11 Å². The highest BCUT2D eigenvalue weighted by molar-refractivity contribution is 7.99. The number of aromatic nitrogens is 1. The highest BCUT2D eigenvalue weighted by atomic mass is 32.2. The molecule has 0 spiro atoms. The van der Waals surface area contributed by atoms with Crippen LogP contribution in [-0.4, -0.2) is 22.5 Å². The fourth-order valence-electron chi connectivity index (χ4n) is 0.742. The van der Waals surface area contributed by atoms with Crippen molar-refractivity contribution in [3.63, 3.8) is 0 Å². The lowest BCUT2D eigenvalue weighted by Gasteiger charge is -2.03. The Morgan fingerprint density at radius 2 is 1.57 bits per heavy atom. The van der Waals surface area contributed by atoms with Gasteiger partial charge >= 0.3 is 0 Å². The number of halogens is 4. The topological polar surface area (TPSA) is 33.1 Å². The monoisotopic (exact) mass is 227 g/mol. The maximum Gasteiger partial charge on any atom is 0.252 e. The number of aliphatic hydroxyl groups is 1. The van der Waals surface area contributed by atoms with Gasteiger partial charge in [-0.1, -0.05) is 0 Å². The van der Waals surface area contributed by atoms with Crippen LogP contribution in [0.1, 0.15) is 0 Å². The smallest absolute Gasteiger partial charge is 0.252 e. The van der Waals surface area contributed by atoms with Gasteiger partial charge in [-0.3, -0.25) is 0 Å². The lowest BCUT2D eigenvalue weighted by Crippen LogP contribution is -2.03. The van der Waals surface area contributed by atoms with E-state index in [1.807, 2.05) is 0 Å². The summed E-state index contributed by atoms with van der Waals surface area (Å²) in [7, 11) is 0. The first-order valence-corrected chi connectivity index (χ1v) is 4.50. The van der Waals surface area contributed by atoms with Crippen molar-refractivity contribution in [1.29, 1.82) is 0 Å². The normalized spacial score (nSPS) is 10.6. The molecular weight excluding hydrogens is 222 g/mol. The van der Waals surface area contributed by atoms with Gasteiger partial charge in [0.25, 0.3) is 11.9 Å². The van der Waals surface area contributed by atoms with E-state index >= 15 is 0 Å². The molecule has 0 aliphatic rings. The highest BCUT2D eigenvalue weighted by Crippen LogP contribution is 2.26. The van der Waals surface area contributed by atoms with E-state index < -0.39 is 28.4 Å². The molecule has 14 heavy (non-hydrogen) atoms. The van der Waals surface area contributed by atoms with Gasteiger partial charge in [0.05, 0.1) is 11.5 Å². The lowest BCUT2D eigenvalue weighted by atomic mass is 10.4. The molecule has 1 heterocycles. The Morgan fingerprint density at radius 3 is 2.00 bits per heavy atom. The minimum Gasteiger partial charge on any atom is -0.396 e. The summed E-state index contributed by atoms with van der Waals surface area (Å²) >= 11 is 0.482. The molecular formula is C7H5F4NOS. The summed E-state index contributed by atoms with van der Waals surface area (Å²) in [5, 5.41) is 8.38. The second-order valence-electron chi connectivity index (χ2n) is 2.22. The van der Waals surface area contributed by atoms with E-state index in [2.05, 4.69) is 4.98 Å². The molecule has 1 aromatic rings. The summed E-state index contributed by atoms with van der Waals surface area (Å²) < 4.78 is 50.6. The quantitative estimate of drug-likeness (QED) is 0.485. The zero-order valence-electron chi connectivity index (χ0n) is 6.73.